The Balaban J connectivity index is 1.25. The second-order valence-corrected chi connectivity index (χ2v) is 8.16. The van der Waals surface area contributed by atoms with Gasteiger partial charge in [0.05, 0.1) is 5.51 Å². The van der Waals surface area contributed by atoms with E-state index in [1.54, 1.807) is 5.51 Å². The Kier molecular flexibility index (Phi) is 4.35. The summed E-state index contributed by atoms with van der Waals surface area (Å²) < 4.78 is 0. The van der Waals surface area contributed by atoms with Crippen LogP contribution in [0.3, 0.4) is 0 Å². The predicted molar refractivity (Wildman–Crippen MR) is 116 cm³/mol. The topological polar surface area (TPSA) is 104 Å². The molecule has 1 fully saturated rings. The van der Waals surface area contributed by atoms with Crippen molar-refractivity contribution < 1.29 is 4.79 Å². The molecule has 0 spiro atoms. The third kappa shape index (κ3) is 3.29. The molecule has 2 amide bonds. The number of carbonyl (C=O) groups excluding carboxylic acids is 1. The maximum atomic E-state index is 12.7. The van der Waals surface area contributed by atoms with Crippen LogP contribution in [0.2, 0.25) is 0 Å². The fraction of sp³-hybridized carbons (Fsp3) is 0.368. The Morgan fingerprint density at radius 3 is 2.83 bits per heavy atom. The number of aromatic nitrogens is 3. The van der Waals surface area contributed by atoms with Crippen LogP contribution in [-0.2, 0) is 6.42 Å². The second-order valence-electron chi connectivity index (χ2n) is 7.33. The number of piperazine rings is 1. The Bertz CT molecular complexity index is 1080. The van der Waals surface area contributed by atoms with Gasteiger partial charge in [-0.05, 0) is 30.2 Å². The van der Waals surface area contributed by atoms with E-state index in [-0.39, 0.29) is 12.0 Å². The monoisotopic (exact) mass is 410 g/mol. The van der Waals surface area contributed by atoms with E-state index >= 15 is 0 Å². The lowest BCUT2D eigenvalue weighted by molar-refractivity contribution is 0.208. The number of amides is 2. The first kappa shape index (κ1) is 17.9. The van der Waals surface area contributed by atoms with Gasteiger partial charge in [-0.15, -0.1) is 11.3 Å². The SMILES string of the molecule is CN1CCc2cc(NC(=O)N3CCN(c4nc(N)nc5scnc45)CC3)ccc21. The third-order valence-corrected chi connectivity index (χ3v) is 6.24. The van der Waals surface area contributed by atoms with Crippen molar-refractivity contribution in [2.45, 2.75) is 6.42 Å². The smallest absolute Gasteiger partial charge is 0.321 e. The van der Waals surface area contributed by atoms with Crippen molar-refractivity contribution >= 4 is 50.9 Å². The number of nitrogen functional groups attached to an aromatic ring is 1. The Hall–Kier alpha value is -3.14. The van der Waals surface area contributed by atoms with Crippen LogP contribution in [0.1, 0.15) is 5.56 Å². The Morgan fingerprint density at radius 1 is 1.17 bits per heavy atom. The molecule has 2 aromatic heterocycles. The molecule has 0 atom stereocenters. The average Bonchev–Trinajstić information content (AvgIpc) is 3.34. The zero-order valence-corrected chi connectivity index (χ0v) is 16.9. The summed E-state index contributed by atoms with van der Waals surface area (Å²) in [7, 11) is 2.09. The van der Waals surface area contributed by atoms with Gasteiger partial charge in [0.2, 0.25) is 5.95 Å². The normalized spacial score (nSPS) is 16.4. The zero-order chi connectivity index (χ0) is 20.0. The van der Waals surface area contributed by atoms with E-state index in [4.69, 9.17) is 5.73 Å². The molecule has 29 heavy (non-hydrogen) atoms. The van der Waals surface area contributed by atoms with Gasteiger partial charge in [0.25, 0.3) is 0 Å². The van der Waals surface area contributed by atoms with E-state index < -0.39 is 0 Å². The van der Waals surface area contributed by atoms with E-state index in [0.29, 0.717) is 26.2 Å². The number of hydrogen-bond donors (Lipinski definition) is 2. The molecule has 0 unspecified atom stereocenters. The highest BCUT2D eigenvalue weighted by atomic mass is 32.1. The van der Waals surface area contributed by atoms with Crippen LogP contribution in [0, 0.1) is 0 Å². The second kappa shape index (κ2) is 7.03. The highest BCUT2D eigenvalue weighted by Gasteiger charge is 2.25. The van der Waals surface area contributed by atoms with Gasteiger partial charge in [0, 0.05) is 51.1 Å². The summed E-state index contributed by atoms with van der Waals surface area (Å²) >= 11 is 1.45. The van der Waals surface area contributed by atoms with E-state index in [1.165, 1.54) is 22.6 Å². The summed E-state index contributed by atoms with van der Waals surface area (Å²) in [6.45, 7) is 3.58. The first-order valence-corrected chi connectivity index (χ1v) is 10.5. The molecule has 0 saturated carbocycles. The number of fused-ring (bicyclic) bond motifs is 2. The summed E-state index contributed by atoms with van der Waals surface area (Å²) in [6.07, 6.45) is 1.02. The van der Waals surface area contributed by atoms with Crippen LogP contribution in [0.25, 0.3) is 10.3 Å². The number of nitrogens with two attached hydrogens (primary N) is 1. The van der Waals surface area contributed by atoms with Crippen molar-refractivity contribution in [3.8, 4) is 0 Å². The summed E-state index contributed by atoms with van der Waals surface area (Å²) in [6, 6.07) is 6.05. The van der Waals surface area contributed by atoms with Crippen LogP contribution >= 0.6 is 11.3 Å². The molecule has 4 heterocycles. The maximum absolute atomic E-state index is 12.7. The molecule has 3 N–H and O–H groups in total. The summed E-state index contributed by atoms with van der Waals surface area (Å²) in [5, 5.41) is 3.04. The molecule has 2 aliphatic rings. The van der Waals surface area contributed by atoms with Crippen LogP contribution in [-0.4, -0.2) is 65.7 Å². The quantitative estimate of drug-likeness (QED) is 0.666. The lowest BCUT2D eigenvalue weighted by atomic mass is 10.1. The fourth-order valence-electron chi connectivity index (χ4n) is 3.95. The first-order chi connectivity index (χ1) is 14.1. The van der Waals surface area contributed by atoms with Crippen molar-refractivity contribution in [2.24, 2.45) is 0 Å². The lowest BCUT2D eigenvalue weighted by Gasteiger charge is -2.35. The Labute approximate surface area is 172 Å². The number of nitrogens with zero attached hydrogens (tertiary/aromatic N) is 6. The van der Waals surface area contributed by atoms with Gasteiger partial charge in [-0.1, -0.05) is 0 Å². The largest absolute Gasteiger partial charge is 0.374 e. The average molecular weight is 411 g/mol. The molecule has 3 aromatic rings. The molecular weight excluding hydrogens is 388 g/mol. The van der Waals surface area contributed by atoms with Gasteiger partial charge in [0.15, 0.2) is 10.6 Å². The van der Waals surface area contributed by atoms with Crippen molar-refractivity contribution in [1.29, 1.82) is 0 Å². The summed E-state index contributed by atoms with van der Waals surface area (Å²) in [4.78, 5) is 32.7. The van der Waals surface area contributed by atoms with Crippen LogP contribution < -0.4 is 20.9 Å². The molecule has 1 aromatic carbocycles. The molecule has 1 saturated heterocycles. The van der Waals surface area contributed by atoms with Crippen LogP contribution in [0.15, 0.2) is 23.7 Å². The van der Waals surface area contributed by atoms with Crippen molar-refractivity contribution in [2.75, 3.05) is 60.6 Å². The first-order valence-electron chi connectivity index (χ1n) is 9.60. The molecule has 0 bridgehead atoms. The highest BCUT2D eigenvalue weighted by Crippen LogP contribution is 2.30. The van der Waals surface area contributed by atoms with E-state index in [9.17, 15) is 4.79 Å². The minimum Gasteiger partial charge on any atom is -0.374 e. The highest BCUT2D eigenvalue weighted by molar-refractivity contribution is 7.16. The molecule has 10 heteroatoms. The number of rotatable bonds is 2. The standard InChI is InChI=1S/C19H22N8OS/c1-25-5-4-12-10-13(2-3-14(12)25)22-19(28)27-8-6-26(7-9-27)16-15-17(29-11-21-15)24-18(20)23-16/h2-3,10-11H,4-9H2,1H3,(H,22,28)(H2,20,23,24). The molecule has 5 rings (SSSR count). The van der Waals surface area contributed by atoms with Gasteiger partial charge < -0.3 is 25.8 Å². The zero-order valence-electron chi connectivity index (χ0n) is 16.1. The van der Waals surface area contributed by atoms with Gasteiger partial charge >= 0.3 is 6.03 Å². The number of carbonyl (C=O) groups is 1. The third-order valence-electron chi connectivity index (χ3n) is 5.52. The number of hydrogen-bond acceptors (Lipinski definition) is 8. The molecule has 2 aliphatic heterocycles. The molecular formula is C19H22N8OS. The molecule has 0 aliphatic carbocycles. The van der Waals surface area contributed by atoms with Crippen molar-refractivity contribution in [1.82, 2.24) is 19.9 Å². The number of benzene rings is 1. The molecule has 0 radical (unpaired) electrons. The van der Waals surface area contributed by atoms with Gasteiger partial charge in [-0.25, -0.2) is 14.8 Å². The van der Waals surface area contributed by atoms with E-state index in [0.717, 1.165) is 34.8 Å². The summed E-state index contributed by atoms with van der Waals surface area (Å²) in [5.74, 6) is 0.996. The maximum Gasteiger partial charge on any atom is 0.321 e. The van der Waals surface area contributed by atoms with E-state index in [1.807, 2.05) is 11.0 Å². The van der Waals surface area contributed by atoms with Crippen molar-refractivity contribution in [3.63, 3.8) is 0 Å². The molecule has 9 nitrogen and oxygen atoms in total. The lowest BCUT2D eigenvalue weighted by Crippen LogP contribution is -2.50. The minimum atomic E-state index is -0.0723. The van der Waals surface area contributed by atoms with Gasteiger partial charge in [-0.2, -0.15) is 4.98 Å². The summed E-state index contributed by atoms with van der Waals surface area (Å²) in [5.41, 5.74) is 11.7. The number of anilines is 4. The van der Waals surface area contributed by atoms with Crippen LogP contribution in [0.5, 0.6) is 0 Å². The Morgan fingerprint density at radius 2 is 2.00 bits per heavy atom. The minimum absolute atomic E-state index is 0.0723. The number of thiazole rings is 1. The fourth-order valence-corrected chi connectivity index (χ4v) is 4.61. The van der Waals surface area contributed by atoms with E-state index in [2.05, 4.69) is 49.2 Å². The van der Waals surface area contributed by atoms with Gasteiger partial charge in [0.1, 0.15) is 5.52 Å². The molecule has 150 valence electrons. The van der Waals surface area contributed by atoms with Crippen molar-refractivity contribution in [3.05, 3.63) is 29.3 Å². The number of likely N-dealkylation sites (N-methyl/N-ethyl adjacent to an activating group) is 1. The van der Waals surface area contributed by atoms with Crippen LogP contribution in [0.4, 0.5) is 27.9 Å². The predicted octanol–water partition coefficient (Wildman–Crippen LogP) is 2.01. The number of nitrogens with one attached hydrogen (secondary N) is 1. The number of urea groups is 1. The van der Waals surface area contributed by atoms with Gasteiger partial charge in [-0.3, -0.25) is 0 Å².